The molecule has 3 aromatic rings. The molecule has 7 nitrogen and oxygen atoms in total. The number of fused-ring (bicyclic) bond motifs is 1. The third-order valence-corrected chi connectivity index (χ3v) is 5.64. The van der Waals surface area contributed by atoms with E-state index in [9.17, 15) is 19.2 Å². The third kappa shape index (κ3) is 4.11. The quantitative estimate of drug-likeness (QED) is 0.432. The molecule has 7 heteroatoms. The monoisotopic (exact) mass is 454 g/mol. The number of ether oxygens (including phenoxy) is 1. The Balaban J connectivity index is 0.000000291. The third-order valence-electron chi connectivity index (χ3n) is 5.64. The summed E-state index contributed by atoms with van der Waals surface area (Å²) in [6.07, 6.45) is 1.00. The summed E-state index contributed by atoms with van der Waals surface area (Å²) in [7, 11) is 0. The lowest BCUT2D eigenvalue weighted by Crippen LogP contribution is -2.72. The van der Waals surface area contributed by atoms with Gasteiger partial charge < -0.3 is 4.74 Å². The summed E-state index contributed by atoms with van der Waals surface area (Å²) >= 11 is 0. The van der Waals surface area contributed by atoms with Gasteiger partial charge in [-0.2, -0.15) is 0 Å². The maximum Gasteiger partial charge on any atom is 0.422 e. The zero-order chi connectivity index (χ0) is 24.2. The molecule has 34 heavy (non-hydrogen) atoms. The number of likely N-dealkylation sites (tertiary alicyclic amines) is 1. The van der Waals surface area contributed by atoms with Crippen molar-refractivity contribution in [3.05, 3.63) is 108 Å². The van der Waals surface area contributed by atoms with Gasteiger partial charge in [0.2, 0.25) is 0 Å². The van der Waals surface area contributed by atoms with Gasteiger partial charge in [-0.1, -0.05) is 73.3 Å². The van der Waals surface area contributed by atoms with Crippen LogP contribution < -0.4 is 4.74 Å². The van der Waals surface area contributed by atoms with Crippen molar-refractivity contribution in [1.82, 2.24) is 9.80 Å². The van der Waals surface area contributed by atoms with Crippen molar-refractivity contribution in [2.45, 2.75) is 19.0 Å². The molecule has 1 unspecified atom stereocenters. The number of amides is 4. The minimum atomic E-state index is -1.01. The molecular weight excluding hydrogens is 432 g/mol. The predicted octanol–water partition coefficient (Wildman–Crippen LogP) is 4.41. The van der Waals surface area contributed by atoms with Crippen LogP contribution in [0.15, 0.2) is 91.5 Å². The molecule has 170 valence electrons. The first-order chi connectivity index (χ1) is 16.4. The number of imide groups is 2. The zero-order valence-electron chi connectivity index (χ0n) is 18.5. The lowest BCUT2D eigenvalue weighted by molar-refractivity contribution is -0.149. The number of para-hydroxylation sites is 1. The highest BCUT2D eigenvalue weighted by atomic mass is 16.6. The number of carbonyl (C=O) groups is 4. The van der Waals surface area contributed by atoms with E-state index >= 15 is 0 Å². The summed E-state index contributed by atoms with van der Waals surface area (Å²) in [5.41, 5.74) is 1.71. The summed E-state index contributed by atoms with van der Waals surface area (Å²) in [6, 6.07) is 23.1. The van der Waals surface area contributed by atoms with Crippen molar-refractivity contribution < 1.29 is 23.9 Å². The van der Waals surface area contributed by atoms with Crippen LogP contribution in [0.2, 0.25) is 0 Å². The maximum atomic E-state index is 12.5. The average Bonchev–Trinajstić information content (AvgIpc) is 3.11. The second-order valence-corrected chi connectivity index (χ2v) is 7.72. The van der Waals surface area contributed by atoms with Crippen LogP contribution >= 0.6 is 0 Å². The average molecular weight is 454 g/mol. The summed E-state index contributed by atoms with van der Waals surface area (Å²) in [6.45, 7) is 5.23. The number of benzene rings is 3. The molecule has 0 N–H and O–H groups in total. The molecule has 1 saturated heterocycles. The van der Waals surface area contributed by atoms with Crippen molar-refractivity contribution in [1.29, 1.82) is 0 Å². The molecule has 5 rings (SSSR count). The van der Waals surface area contributed by atoms with Gasteiger partial charge in [0.25, 0.3) is 17.7 Å². The molecule has 0 saturated carbocycles. The number of carbonyl (C=O) groups excluding carboxylic acids is 4. The second-order valence-electron chi connectivity index (χ2n) is 7.72. The fourth-order valence-electron chi connectivity index (χ4n) is 3.88. The van der Waals surface area contributed by atoms with E-state index in [1.54, 1.807) is 61.5 Å². The number of hydrogen-bond acceptors (Lipinski definition) is 5. The molecule has 2 atom stereocenters. The molecule has 0 aliphatic carbocycles. The fraction of sp³-hybridized carbons (Fsp3) is 0.111. The zero-order valence-corrected chi connectivity index (χ0v) is 18.5. The van der Waals surface area contributed by atoms with Crippen molar-refractivity contribution in [3.63, 3.8) is 0 Å². The van der Waals surface area contributed by atoms with Crippen LogP contribution in [0, 0.1) is 0 Å². The van der Waals surface area contributed by atoms with Gasteiger partial charge in [0, 0.05) is 0 Å². The minimum Gasteiger partial charge on any atom is -0.410 e. The van der Waals surface area contributed by atoms with Gasteiger partial charge in [-0.15, -0.1) is 0 Å². The first-order valence-electron chi connectivity index (χ1n) is 10.7. The van der Waals surface area contributed by atoms with Crippen molar-refractivity contribution in [2.75, 3.05) is 0 Å². The predicted molar refractivity (Wildman–Crippen MR) is 126 cm³/mol. The van der Waals surface area contributed by atoms with Gasteiger partial charge in [-0.05, 0) is 36.8 Å². The molecule has 0 bridgehead atoms. The van der Waals surface area contributed by atoms with Crippen LogP contribution in [0.5, 0.6) is 5.75 Å². The highest BCUT2D eigenvalue weighted by Crippen LogP contribution is 2.33. The lowest BCUT2D eigenvalue weighted by Gasteiger charge is -2.45. The van der Waals surface area contributed by atoms with Crippen LogP contribution in [-0.4, -0.2) is 45.7 Å². The molecular formula is C27H22N2O5. The topological polar surface area (TPSA) is 84.0 Å². The highest BCUT2D eigenvalue weighted by molar-refractivity contribution is 6.24. The second kappa shape index (κ2) is 9.54. The molecule has 0 aromatic heterocycles. The molecule has 1 fully saturated rings. The van der Waals surface area contributed by atoms with Crippen LogP contribution in [0.1, 0.15) is 33.2 Å². The SMILES string of the molecule is C=Cc1ccccc1.C[C@@H]1C(N2C(=O)c3ccccc3C2=O)C(=O)N1C(=O)Oc1ccccc1. The molecule has 0 radical (unpaired) electrons. The van der Waals surface area contributed by atoms with E-state index in [0.29, 0.717) is 5.75 Å². The van der Waals surface area contributed by atoms with Gasteiger partial charge in [0.15, 0.2) is 0 Å². The van der Waals surface area contributed by atoms with E-state index in [1.807, 2.05) is 36.4 Å². The summed E-state index contributed by atoms with van der Waals surface area (Å²) in [5, 5.41) is 0. The molecule has 3 aromatic carbocycles. The van der Waals surface area contributed by atoms with Crippen molar-refractivity contribution >= 4 is 29.9 Å². The van der Waals surface area contributed by atoms with Gasteiger partial charge in [-0.25, -0.2) is 9.69 Å². The van der Waals surface area contributed by atoms with E-state index in [1.165, 1.54) is 5.56 Å². The van der Waals surface area contributed by atoms with Gasteiger partial charge in [0.1, 0.15) is 11.8 Å². The number of nitrogens with zero attached hydrogens (tertiary/aromatic N) is 2. The van der Waals surface area contributed by atoms with Crippen molar-refractivity contribution in [3.8, 4) is 5.75 Å². The van der Waals surface area contributed by atoms with Gasteiger partial charge in [-0.3, -0.25) is 19.3 Å². The first kappa shape index (κ1) is 22.7. The van der Waals surface area contributed by atoms with Crippen LogP contribution in [0.3, 0.4) is 0 Å². The van der Waals surface area contributed by atoms with E-state index in [2.05, 4.69) is 6.58 Å². The molecule has 2 aliphatic rings. The van der Waals surface area contributed by atoms with E-state index in [-0.39, 0.29) is 11.1 Å². The Morgan fingerprint density at radius 1 is 0.824 bits per heavy atom. The first-order valence-corrected chi connectivity index (χ1v) is 10.7. The Morgan fingerprint density at radius 2 is 1.32 bits per heavy atom. The van der Waals surface area contributed by atoms with Gasteiger partial charge in [0.05, 0.1) is 17.2 Å². The Morgan fingerprint density at radius 3 is 1.79 bits per heavy atom. The normalized spacial score (nSPS) is 18.4. The standard InChI is InChI=1S/C19H14N2O5.C8H8/c1-11-15(21-16(22)13-9-5-6-10-14(13)17(21)23)18(24)20(11)19(25)26-12-7-3-2-4-8-12;1-2-8-6-4-3-5-7-8/h2-11,15H,1H3;2-7H,1H2/t11-,15?;/m1./s1. The number of β-lactam (4-membered cyclic amide) rings is 1. The Bertz CT molecular complexity index is 1220. The van der Waals surface area contributed by atoms with E-state index < -0.39 is 35.9 Å². The Labute approximate surface area is 196 Å². The smallest absolute Gasteiger partial charge is 0.410 e. The van der Waals surface area contributed by atoms with Crippen molar-refractivity contribution in [2.24, 2.45) is 0 Å². The lowest BCUT2D eigenvalue weighted by atomic mass is 9.95. The number of rotatable bonds is 3. The van der Waals surface area contributed by atoms with Crippen LogP contribution in [0.4, 0.5) is 4.79 Å². The Kier molecular flexibility index (Phi) is 6.36. The largest absolute Gasteiger partial charge is 0.422 e. The summed E-state index contributed by atoms with van der Waals surface area (Å²) in [5.74, 6) is -1.37. The molecule has 2 aliphatic heterocycles. The van der Waals surface area contributed by atoms with Gasteiger partial charge >= 0.3 is 6.09 Å². The minimum absolute atomic E-state index is 0.266. The number of hydrogen-bond donors (Lipinski definition) is 0. The van der Waals surface area contributed by atoms with Crippen LogP contribution in [-0.2, 0) is 4.79 Å². The summed E-state index contributed by atoms with van der Waals surface area (Å²) in [4.78, 5) is 51.7. The van der Waals surface area contributed by atoms with E-state index in [4.69, 9.17) is 4.74 Å². The molecule has 4 amide bonds. The van der Waals surface area contributed by atoms with Crippen LogP contribution in [0.25, 0.3) is 6.08 Å². The highest BCUT2D eigenvalue weighted by Gasteiger charge is 2.57. The molecule has 0 spiro atoms. The fourth-order valence-corrected chi connectivity index (χ4v) is 3.88. The Hall–Kier alpha value is -4.52. The maximum absolute atomic E-state index is 12.5. The van der Waals surface area contributed by atoms with E-state index in [0.717, 1.165) is 9.80 Å². The summed E-state index contributed by atoms with van der Waals surface area (Å²) < 4.78 is 5.16. The molecule has 2 heterocycles.